The molecule has 8 heteroatoms. The van der Waals surface area contributed by atoms with E-state index in [0.717, 1.165) is 34.1 Å². The molecule has 0 aliphatic carbocycles. The number of thioether (sulfide) groups is 1. The van der Waals surface area contributed by atoms with Gasteiger partial charge < -0.3 is 9.73 Å². The van der Waals surface area contributed by atoms with Gasteiger partial charge in [-0.3, -0.25) is 9.10 Å². The molecule has 0 aliphatic heterocycles. The maximum absolute atomic E-state index is 12.5. The van der Waals surface area contributed by atoms with E-state index in [4.69, 9.17) is 4.42 Å². The van der Waals surface area contributed by atoms with Crippen molar-refractivity contribution in [2.45, 2.75) is 32.1 Å². The van der Waals surface area contributed by atoms with Gasteiger partial charge in [-0.25, -0.2) is 8.42 Å². The second-order valence-electron chi connectivity index (χ2n) is 6.18. The first-order chi connectivity index (χ1) is 12.8. The predicted molar refractivity (Wildman–Crippen MR) is 110 cm³/mol. The van der Waals surface area contributed by atoms with Crippen LogP contribution in [0.3, 0.4) is 0 Å². The number of carbonyl (C=O) groups excluding carboxylic acids is 1. The van der Waals surface area contributed by atoms with E-state index in [1.165, 1.54) is 0 Å². The summed E-state index contributed by atoms with van der Waals surface area (Å²) in [5.41, 5.74) is 1.60. The number of benzene rings is 1. The molecule has 2 rings (SSSR count). The minimum Gasteiger partial charge on any atom is -0.468 e. The molecule has 0 bridgehead atoms. The van der Waals surface area contributed by atoms with Crippen molar-refractivity contribution in [2.75, 3.05) is 22.9 Å². The van der Waals surface area contributed by atoms with E-state index in [0.29, 0.717) is 18.0 Å². The van der Waals surface area contributed by atoms with E-state index in [1.54, 1.807) is 37.1 Å². The van der Waals surface area contributed by atoms with Crippen molar-refractivity contribution in [3.63, 3.8) is 0 Å². The van der Waals surface area contributed by atoms with Crippen molar-refractivity contribution in [2.24, 2.45) is 0 Å². The zero-order valence-electron chi connectivity index (χ0n) is 15.8. The Morgan fingerprint density at radius 1 is 1.26 bits per heavy atom. The first-order valence-electron chi connectivity index (χ1n) is 8.79. The summed E-state index contributed by atoms with van der Waals surface area (Å²) >= 11 is 1.64. The Morgan fingerprint density at radius 3 is 2.52 bits per heavy atom. The molecule has 6 nitrogen and oxygen atoms in total. The molecule has 27 heavy (non-hydrogen) atoms. The van der Waals surface area contributed by atoms with Crippen LogP contribution in [0.4, 0.5) is 5.69 Å². The number of furan rings is 1. The molecule has 0 unspecified atom stereocenters. The quantitative estimate of drug-likeness (QED) is 0.609. The van der Waals surface area contributed by atoms with Gasteiger partial charge in [0.05, 0.1) is 24.0 Å². The van der Waals surface area contributed by atoms with Crippen LogP contribution in [0.5, 0.6) is 0 Å². The summed E-state index contributed by atoms with van der Waals surface area (Å²) in [5, 5.41) is 2.81. The SMILES string of the molecule is CCc1ccc(N([C@@H](C)C(=O)NCCSCc2ccco2)S(C)(=O)=O)cc1. The van der Waals surface area contributed by atoms with Gasteiger partial charge in [0.1, 0.15) is 11.8 Å². The highest BCUT2D eigenvalue weighted by Gasteiger charge is 2.28. The smallest absolute Gasteiger partial charge is 0.243 e. The average Bonchev–Trinajstić information content (AvgIpc) is 3.14. The van der Waals surface area contributed by atoms with Crippen LogP contribution in [0, 0.1) is 0 Å². The predicted octanol–water partition coefficient (Wildman–Crippen LogP) is 3.05. The number of rotatable bonds is 10. The van der Waals surface area contributed by atoms with Crippen LogP contribution in [0.1, 0.15) is 25.2 Å². The normalized spacial score (nSPS) is 12.6. The molecule has 1 N–H and O–H groups in total. The van der Waals surface area contributed by atoms with Gasteiger partial charge in [-0.15, -0.1) is 0 Å². The molecule has 0 radical (unpaired) electrons. The first kappa shape index (κ1) is 21.4. The largest absolute Gasteiger partial charge is 0.468 e. The second kappa shape index (κ2) is 9.85. The summed E-state index contributed by atoms with van der Waals surface area (Å²) in [6.45, 7) is 4.09. The summed E-state index contributed by atoms with van der Waals surface area (Å²) in [4.78, 5) is 12.5. The minimum atomic E-state index is -3.59. The highest BCUT2D eigenvalue weighted by atomic mass is 32.2. The van der Waals surface area contributed by atoms with Crippen LogP contribution >= 0.6 is 11.8 Å². The topological polar surface area (TPSA) is 79.6 Å². The molecule has 0 saturated carbocycles. The number of nitrogens with one attached hydrogen (secondary N) is 1. The summed E-state index contributed by atoms with van der Waals surface area (Å²) in [6.07, 6.45) is 3.61. The summed E-state index contributed by atoms with van der Waals surface area (Å²) in [7, 11) is -3.59. The van der Waals surface area contributed by atoms with Gasteiger partial charge in [0.2, 0.25) is 15.9 Å². The molecular formula is C19H26N2O4S2. The maximum atomic E-state index is 12.5. The standard InChI is InChI=1S/C19H26N2O4S2/c1-4-16-7-9-17(10-8-16)21(27(3,23)24)15(2)19(22)20-11-13-26-14-18-6-5-12-25-18/h5-10,12,15H,4,11,13-14H2,1-3H3,(H,20,22)/t15-/m0/s1. The molecule has 1 atom stereocenters. The Labute approximate surface area is 165 Å². The van der Waals surface area contributed by atoms with Gasteiger partial charge in [0.25, 0.3) is 0 Å². The van der Waals surface area contributed by atoms with Crippen molar-refractivity contribution < 1.29 is 17.6 Å². The van der Waals surface area contributed by atoms with Crippen LogP contribution in [0.15, 0.2) is 47.1 Å². The fourth-order valence-electron chi connectivity index (χ4n) is 2.65. The van der Waals surface area contributed by atoms with E-state index in [2.05, 4.69) is 5.32 Å². The summed E-state index contributed by atoms with van der Waals surface area (Å²) in [5.74, 6) is 2.01. The number of nitrogens with zero attached hydrogens (tertiary/aromatic N) is 1. The van der Waals surface area contributed by atoms with E-state index in [1.807, 2.05) is 31.2 Å². The highest BCUT2D eigenvalue weighted by molar-refractivity contribution is 7.98. The third-order valence-electron chi connectivity index (χ3n) is 4.06. The van der Waals surface area contributed by atoms with Crippen molar-refractivity contribution in [1.29, 1.82) is 0 Å². The number of hydrogen-bond donors (Lipinski definition) is 1. The van der Waals surface area contributed by atoms with Gasteiger partial charge in [-0.2, -0.15) is 11.8 Å². The first-order valence-corrected chi connectivity index (χ1v) is 11.8. The molecule has 1 amide bonds. The van der Waals surface area contributed by atoms with E-state index in [9.17, 15) is 13.2 Å². The van der Waals surface area contributed by atoms with Crippen LogP contribution in [-0.4, -0.2) is 38.9 Å². The third kappa shape index (κ3) is 6.32. The lowest BCUT2D eigenvalue weighted by molar-refractivity contribution is -0.121. The zero-order valence-corrected chi connectivity index (χ0v) is 17.5. The van der Waals surface area contributed by atoms with Crippen molar-refractivity contribution in [1.82, 2.24) is 5.32 Å². The Morgan fingerprint density at radius 2 is 1.96 bits per heavy atom. The van der Waals surface area contributed by atoms with Crippen molar-refractivity contribution >= 4 is 33.4 Å². The van der Waals surface area contributed by atoms with Gasteiger partial charge >= 0.3 is 0 Å². The van der Waals surface area contributed by atoms with Gasteiger partial charge in [0, 0.05) is 12.3 Å². The van der Waals surface area contributed by atoms with Crippen LogP contribution < -0.4 is 9.62 Å². The maximum Gasteiger partial charge on any atom is 0.243 e. The fraction of sp³-hybridized carbons (Fsp3) is 0.421. The van der Waals surface area contributed by atoms with Crippen molar-refractivity contribution in [3.8, 4) is 0 Å². The minimum absolute atomic E-state index is 0.321. The van der Waals surface area contributed by atoms with E-state index < -0.39 is 16.1 Å². The molecule has 0 fully saturated rings. The average molecular weight is 411 g/mol. The Kier molecular flexibility index (Phi) is 7.79. The van der Waals surface area contributed by atoms with Gasteiger partial charge in [0.15, 0.2) is 0 Å². The summed E-state index contributed by atoms with van der Waals surface area (Å²) in [6, 6.07) is 10.1. The summed E-state index contributed by atoms with van der Waals surface area (Å²) < 4.78 is 31.0. The monoisotopic (exact) mass is 410 g/mol. The molecule has 0 spiro atoms. The fourth-order valence-corrected chi connectivity index (χ4v) is 4.58. The molecule has 0 aliphatic rings. The molecule has 0 saturated heterocycles. The number of aryl methyl sites for hydroxylation is 1. The molecule has 1 aromatic carbocycles. The molecule has 148 valence electrons. The Balaban J connectivity index is 1.93. The van der Waals surface area contributed by atoms with Gasteiger partial charge in [-0.05, 0) is 43.2 Å². The lowest BCUT2D eigenvalue weighted by Crippen LogP contribution is -2.48. The lowest BCUT2D eigenvalue weighted by atomic mass is 10.1. The molecular weight excluding hydrogens is 384 g/mol. The highest BCUT2D eigenvalue weighted by Crippen LogP contribution is 2.21. The third-order valence-corrected chi connectivity index (χ3v) is 6.28. The van der Waals surface area contributed by atoms with Crippen LogP contribution in [0.25, 0.3) is 0 Å². The Bertz CT molecular complexity index is 818. The molecule has 1 aromatic heterocycles. The number of amides is 1. The number of anilines is 1. The number of carbonyl (C=O) groups is 1. The lowest BCUT2D eigenvalue weighted by Gasteiger charge is -2.28. The zero-order chi connectivity index (χ0) is 19.9. The molecule has 2 aromatic rings. The second-order valence-corrected chi connectivity index (χ2v) is 9.14. The Hall–Kier alpha value is -1.93. The van der Waals surface area contributed by atoms with E-state index in [-0.39, 0.29) is 5.91 Å². The molecule has 1 heterocycles. The van der Waals surface area contributed by atoms with Gasteiger partial charge in [-0.1, -0.05) is 19.1 Å². The van der Waals surface area contributed by atoms with Crippen LogP contribution in [-0.2, 0) is 27.0 Å². The van der Waals surface area contributed by atoms with Crippen molar-refractivity contribution in [3.05, 3.63) is 54.0 Å². The number of hydrogen-bond acceptors (Lipinski definition) is 5. The van der Waals surface area contributed by atoms with E-state index >= 15 is 0 Å². The number of sulfonamides is 1. The van der Waals surface area contributed by atoms with Crippen LogP contribution in [0.2, 0.25) is 0 Å².